The van der Waals surface area contributed by atoms with E-state index in [0.29, 0.717) is 5.56 Å². The lowest BCUT2D eigenvalue weighted by atomic mass is 9.92. The van der Waals surface area contributed by atoms with Crippen molar-refractivity contribution in [2.75, 3.05) is 0 Å². The number of aliphatic hydroxyl groups excluding tert-OH is 2. The molecule has 0 radical (unpaired) electrons. The zero-order valence-corrected chi connectivity index (χ0v) is 12.8. The summed E-state index contributed by atoms with van der Waals surface area (Å²) in [7, 11) is 0. The minimum Gasteiger partial charge on any atom is -0.390 e. The van der Waals surface area contributed by atoms with Gasteiger partial charge in [0.2, 0.25) is 5.91 Å². The number of rotatable bonds is 3. The van der Waals surface area contributed by atoms with E-state index in [2.05, 4.69) is 5.32 Å². The lowest BCUT2D eigenvalue weighted by Crippen LogP contribution is -2.46. The molecule has 3 N–H and O–H groups in total. The maximum atomic E-state index is 12.6. The number of hydrogen-bond donors (Lipinski definition) is 3. The lowest BCUT2D eigenvalue weighted by molar-refractivity contribution is -0.137. The Kier molecular flexibility index (Phi) is 5.01. The monoisotopic (exact) mass is 331 g/mol. The van der Waals surface area contributed by atoms with Gasteiger partial charge in [0, 0.05) is 11.8 Å². The van der Waals surface area contributed by atoms with E-state index in [4.69, 9.17) is 0 Å². The van der Waals surface area contributed by atoms with Crippen LogP contribution in [0.15, 0.2) is 24.3 Å². The predicted octanol–water partition coefficient (Wildman–Crippen LogP) is 2.06. The zero-order chi connectivity index (χ0) is 17.4. The smallest absolute Gasteiger partial charge is 0.390 e. The first kappa shape index (κ1) is 17.7. The zero-order valence-electron chi connectivity index (χ0n) is 12.8. The molecule has 1 aliphatic rings. The molecule has 4 nitrogen and oxygen atoms in total. The van der Waals surface area contributed by atoms with E-state index >= 15 is 0 Å². The molecular weight excluding hydrogens is 311 g/mol. The maximum absolute atomic E-state index is 12.6. The molecule has 0 bridgehead atoms. The number of carbonyl (C=O) groups excluding carboxylic acids is 1. The molecule has 1 aromatic rings. The third kappa shape index (κ3) is 3.84. The number of benzene rings is 1. The summed E-state index contributed by atoms with van der Waals surface area (Å²) in [6, 6.07) is 3.86. The van der Waals surface area contributed by atoms with Crippen LogP contribution in [0.1, 0.15) is 37.3 Å². The van der Waals surface area contributed by atoms with Crippen molar-refractivity contribution in [3.05, 3.63) is 35.4 Å². The summed E-state index contributed by atoms with van der Waals surface area (Å²) < 4.78 is 37.9. The van der Waals surface area contributed by atoms with Crippen LogP contribution in [0.25, 0.3) is 0 Å². The van der Waals surface area contributed by atoms with E-state index in [9.17, 15) is 28.2 Å². The van der Waals surface area contributed by atoms with Gasteiger partial charge < -0.3 is 15.5 Å². The molecule has 4 atom stereocenters. The van der Waals surface area contributed by atoms with Gasteiger partial charge in [-0.2, -0.15) is 13.2 Å². The molecule has 0 aromatic heterocycles. The summed E-state index contributed by atoms with van der Waals surface area (Å²) in [4.78, 5) is 11.9. The van der Waals surface area contributed by atoms with E-state index in [1.807, 2.05) is 0 Å². The Morgan fingerprint density at radius 2 is 1.78 bits per heavy atom. The van der Waals surface area contributed by atoms with Crippen LogP contribution >= 0.6 is 0 Å². The van der Waals surface area contributed by atoms with Gasteiger partial charge in [-0.25, -0.2) is 0 Å². The van der Waals surface area contributed by atoms with Gasteiger partial charge in [-0.1, -0.05) is 26.0 Å². The molecular formula is C16H20F3NO3. The number of aliphatic hydroxyl groups is 2. The van der Waals surface area contributed by atoms with Crippen molar-refractivity contribution in [3.63, 3.8) is 0 Å². The highest BCUT2D eigenvalue weighted by molar-refractivity contribution is 5.78. The summed E-state index contributed by atoms with van der Waals surface area (Å²) in [6.07, 6.45) is -6.42. The van der Waals surface area contributed by atoms with Crippen LogP contribution in [0.5, 0.6) is 0 Å². The van der Waals surface area contributed by atoms with Crippen LogP contribution in [0.2, 0.25) is 0 Å². The predicted molar refractivity (Wildman–Crippen MR) is 77.6 cm³/mol. The first-order valence-corrected chi connectivity index (χ1v) is 7.45. The van der Waals surface area contributed by atoms with E-state index in [0.717, 1.165) is 12.1 Å². The molecule has 1 fully saturated rings. The fourth-order valence-corrected chi connectivity index (χ4v) is 2.80. The van der Waals surface area contributed by atoms with E-state index in [1.165, 1.54) is 12.1 Å². The molecule has 0 saturated heterocycles. The van der Waals surface area contributed by atoms with Gasteiger partial charge in [0.05, 0.1) is 17.7 Å². The van der Waals surface area contributed by atoms with Crippen LogP contribution in [0.3, 0.4) is 0 Å². The average molecular weight is 331 g/mol. The largest absolute Gasteiger partial charge is 0.416 e. The second-order valence-corrected chi connectivity index (χ2v) is 6.21. The van der Waals surface area contributed by atoms with Crippen LogP contribution < -0.4 is 5.32 Å². The molecule has 2 rings (SSSR count). The Balaban J connectivity index is 2.23. The number of hydrogen-bond acceptors (Lipinski definition) is 3. The van der Waals surface area contributed by atoms with E-state index in [-0.39, 0.29) is 18.2 Å². The van der Waals surface area contributed by atoms with Gasteiger partial charge in [0.15, 0.2) is 0 Å². The van der Waals surface area contributed by atoms with Gasteiger partial charge in [0.25, 0.3) is 0 Å². The van der Waals surface area contributed by atoms with Gasteiger partial charge in [-0.15, -0.1) is 0 Å². The summed E-state index contributed by atoms with van der Waals surface area (Å²) in [5.41, 5.74) is -0.217. The molecule has 0 heterocycles. The van der Waals surface area contributed by atoms with E-state index in [1.54, 1.807) is 13.8 Å². The standard InChI is InChI=1S/C16H20F3NO3/c1-8(2)15(23)20-13-11(7-12(21)14(13)22)9-3-5-10(6-4-9)16(17,18)19/h3-6,8,11-14,21-22H,7H2,1-2H3,(H,20,23)/t11-,12-,13-,14-/m1/s1. The first-order valence-electron chi connectivity index (χ1n) is 7.45. The fraction of sp³-hybridized carbons (Fsp3) is 0.562. The molecule has 23 heavy (non-hydrogen) atoms. The van der Waals surface area contributed by atoms with Crippen molar-refractivity contribution in [2.24, 2.45) is 5.92 Å². The maximum Gasteiger partial charge on any atom is 0.416 e. The Morgan fingerprint density at radius 3 is 2.26 bits per heavy atom. The number of carbonyl (C=O) groups is 1. The number of halogens is 3. The Bertz CT molecular complexity index is 557. The second-order valence-electron chi connectivity index (χ2n) is 6.21. The molecule has 1 saturated carbocycles. The highest BCUT2D eigenvalue weighted by Crippen LogP contribution is 2.37. The van der Waals surface area contributed by atoms with Crippen LogP contribution in [-0.2, 0) is 11.0 Å². The molecule has 1 amide bonds. The Labute approximate surface area is 132 Å². The number of alkyl halides is 3. The number of amides is 1. The summed E-state index contributed by atoms with van der Waals surface area (Å²) in [6.45, 7) is 3.39. The average Bonchev–Trinajstić information content (AvgIpc) is 2.74. The summed E-state index contributed by atoms with van der Waals surface area (Å²) in [5, 5.41) is 22.6. The third-order valence-corrected chi connectivity index (χ3v) is 4.19. The van der Waals surface area contributed by atoms with Gasteiger partial charge >= 0.3 is 6.18 Å². The fourth-order valence-electron chi connectivity index (χ4n) is 2.80. The molecule has 0 spiro atoms. The van der Waals surface area contributed by atoms with Gasteiger partial charge in [-0.05, 0) is 24.1 Å². The molecule has 7 heteroatoms. The third-order valence-electron chi connectivity index (χ3n) is 4.19. The summed E-state index contributed by atoms with van der Waals surface area (Å²) >= 11 is 0. The van der Waals surface area contributed by atoms with Crippen LogP contribution in [-0.4, -0.2) is 34.4 Å². The van der Waals surface area contributed by atoms with Crippen molar-refractivity contribution in [3.8, 4) is 0 Å². The molecule has 1 aliphatic carbocycles. The van der Waals surface area contributed by atoms with Gasteiger partial charge in [-0.3, -0.25) is 4.79 Å². The lowest BCUT2D eigenvalue weighted by Gasteiger charge is -2.25. The molecule has 1 aromatic carbocycles. The molecule has 0 unspecified atom stereocenters. The van der Waals surface area contributed by atoms with Crippen molar-refractivity contribution < 1.29 is 28.2 Å². The Hall–Kier alpha value is -1.60. The number of nitrogens with one attached hydrogen (secondary N) is 1. The molecule has 0 aliphatic heterocycles. The second kappa shape index (κ2) is 6.49. The van der Waals surface area contributed by atoms with Crippen molar-refractivity contribution in [2.45, 2.75) is 50.6 Å². The van der Waals surface area contributed by atoms with Crippen molar-refractivity contribution in [1.29, 1.82) is 0 Å². The highest BCUT2D eigenvalue weighted by Gasteiger charge is 2.43. The first-order chi connectivity index (χ1) is 10.6. The minimum atomic E-state index is -4.42. The normalized spacial score (nSPS) is 28.2. The van der Waals surface area contributed by atoms with Crippen molar-refractivity contribution >= 4 is 5.91 Å². The molecule has 128 valence electrons. The van der Waals surface area contributed by atoms with Crippen molar-refractivity contribution in [1.82, 2.24) is 5.32 Å². The van der Waals surface area contributed by atoms with Gasteiger partial charge in [0.1, 0.15) is 6.10 Å². The highest BCUT2D eigenvalue weighted by atomic mass is 19.4. The van der Waals surface area contributed by atoms with E-state index < -0.39 is 35.9 Å². The van der Waals surface area contributed by atoms with Crippen LogP contribution in [0.4, 0.5) is 13.2 Å². The van der Waals surface area contributed by atoms with Crippen LogP contribution in [0, 0.1) is 5.92 Å². The SMILES string of the molecule is CC(C)C(=O)N[C@H]1[C@H](O)[C@H](O)C[C@@H]1c1ccc(C(F)(F)F)cc1. The minimum absolute atomic E-state index is 0.176. The Morgan fingerprint density at radius 1 is 1.22 bits per heavy atom. The topological polar surface area (TPSA) is 69.6 Å². The quantitative estimate of drug-likeness (QED) is 0.794. The summed E-state index contributed by atoms with van der Waals surface area (Å²) in [5.74, 6) is -1.02.